The molecule has 20 heavy (non-hydrogen) atoms. The highest BCUT2D eigenvalue weighted by molar-refractivity contribution is 6.32. The number of anilines is 1. The number of nitrogens with one attached hydrogen (secondary N) is 1. The zero-order valence-electron chi connectivity index (χ0n) is 11.9. The largest absolute Gasteiger partial charge is 0.495 e. The molecular formula is C17H20ClNO. The van der Waals surface area contributed by atoms with Crippen LogP contribution in [-0.2, 0) is 6.42 Å². The van der Waals surface area contributed by atoms with E-state index in [0.29, 0.717) is 16.8 Å². The number of aryl methyl sites for hydroxylation is 1. The fourth-order valence-corrected chi connectivity index (χ4v) is 2.40. The van der Waals surface area contributed by atoms with Gasteiger partial charge in [-0.15, -0.1) is 0 Å². The summed E-state index contributed by atoms with van der Waals surface area (Å²) in [5.74, 6) is 0.703. The molecule has 1 unspecified atom stereocenters. The van der Waals surface area contributed by atoms with Crippen molar-refractivity contribution in [3.63, 3.8) is 0 Å². The maximum absolute atomic E-state index is 6.12. The SMILES string of the molecule is COc1ccc(NC(C)CCc2ccccc2)cc1Cl. The first-order chi connectivity index (χ1) is 9.69. The Morgan fingerprint density at radius 3 is 2.55 bits per heavy atom. The van der Waals surface area contributed by atoms with E-state index in [4.69, 9.17) is 16.3 Å². The van der Waals surface area contributed by atoms with Crippen LogP contribution in [0, 0.1) is 0 Å². The van der Waals surface area contributed by atoms with Crippen molar-refractivity contribution < 1.29 is 4.74 Å². The van der Waals surface area contributed by atoms with Gasteiger partial charge in [-0.3, -0.25) is 0 Å². The summed E-state index contributed by atoms with van der Waals surface area (Å²) in [6, 6.07) is 16.7. The molecule has 2 aromatic carbocycles. The van der Waals surface area contributed by atoms with Gasteiger partial charge in [-0.05, 0) is 43.5 Å². The van der Waals surface area contributed by atoms with Crippen LogP contribution in [0.5, 0.6) is 5.75 Å². The molecule has 0 fully saturated rings. The number of methoxy groups -OCH3 is 1. The molecule has 2 aromatic rings. The predicted octanol–water partition coefficient (Wildman–Crippen LogP) is 4.78. The Labute approximate surface area is 125 Å². The lowest BCUT2D eigenvalue weighted by Gasteiger charge is -2.16. The second kappa shape index (κ2) is 7.20. The van der Waals surface area contributed by atoms with Gasteiger partial charge in [0.05, 0.1) is 12.1 Å². The Morgan fingerprint density at radius 2 is 1.90 bits per heavy atom. The Morgan fingerprint density at radius 1 is 1.15 bits per heavy atom. The van der Waals surface area contributed by atoms with Gasteiger partial charge >= 0.3 is 0 Å². The molecule has 0 aliphatic heterocycles. The summed E-state index contributed by atoms with van der Waals surface area (Å²) in [5.41, 5.74) is 2.39. The second-order valence-corrected chi connectivity index (χ2v) is 5.33. The van der Waals surface area contributed by atoms with E-state index in [1.165, 1.54) is 5.56 Å². The van der Waals surface area contributed by atoms with Crippen LogP contribution in [0.2, 0.25) is 5.02 Å². The maximum Gasteiger partial charge on any atom is 0.137 e. The van der Waals surface area contributed by atoms with Gasteiger partial charge in [0, 0.05) is 11.7 Å². The summed E-state index contributed by atoms with van der Waals surface area (Å²) in [5, 5.41) is 4.10. The van der Waals surface area contributed by atoms with Crippen LogP contribution < -0.4 is 10.1 Å². The minimum absolute atomic E-state index is 0.389. The minimum atomic E-state index is 0.389. The standard InChI is InChI=1S/C17H20ClNO/c1-13(8-9-14-6-4-3-5-7-14)19-15-10-11-17(20-2)16(18)12-15/h3-7,10-13,19H,8-9H2,1-2H3. The summed E-state index contributed by atoms with van der Waals surface area (Å²) in [7, 11) is 1.62. The first-order valence-electron chi connectivity index (χ1n) is 6.83. The zero-order valence-corrected chi connectivity index (χ0v) is 12.7. The lowest BCUT2D eigenvalue weighted by Crippen LogP contribution is -2.15. The Balaban J connectivity index is 1.88. The number of benzene rings is 2. The fraction of sp³-hybridized carbons (Fsp3) is 0.294. The van der Waals surface area contributed by atoms with Crippen molar-refractivity contribution in [3.8, 4) is 5.75 Å². The lowest BCUT2D eigenvalue weighted by molar-refractivity contribution is 0.415. The Kier molecular flexibility index (Phi) is 5.31. The number of ether oxygens (including phenoxy) is 1. The van der Waals surface area contributed by atoms with Gasteiger partial charge in [0.1, 0.15) is 5.75 Å². The van der Waals surface area contributed by atoms with Crippen LogP contribution >= 0.6 is 11.6 Å². The van der Waals surface area contributed by atoms with Crippen molar-refractivity contribution in [1.29, 1.82) is 0 Å². The van der Waals surface area contributed by atoms with Gasteiger partial charge in [-0.1, -0.05) is 41.9 Å². The smallest absolute Gasteiger partial charge is 0.137 e. The molecule has 1 atom stereocenters. The van der Waals surface area contributed by atoms with E-state index in [9.17, 15) is 0 Å². The molecule has 3 heteroatoms. The zero-order chi connectivity index (χ0) is 14.4. The normalized spacial score (nSPS) is 11.9. The summed E-state index contributed by atoms with van der Waals surface area (Å²) in [6.45, 7) is 2.18. The van der Waals surface area contributed by atoms with Crippen molar-refractivity contribution >= 4 is 17.3 Å². The fourth-order valence-electron chi connectivity index (χ4n) is 2.14. The van der Waals surface area contributed by atoms with E-state index in [1.807, 2.05) is 24.3 Å². The lowest BCUT2D eigenvalue weighted by atomic mass is 10.1. The van der Waals surface area contributed by atoms with Gasteiger partial charge in [-0.25, -0.2) is 0 Å². The molecule has 106 valence electrons. The summed E-state index contributed by atoms with van der Waals surface area (Å²) in [6.07, 6.45) is 2.15. The number of rotatable bonds is 6. The first kappa shape index (κ1) is 14.7. The van der Waals surface area contributed by atoms with E-state index in [2.05, 4.69) is 36.5 Å². The molecule has 0 amide bonds. The third-order valence-corrected chi connectivity index (χ3v) is 3.57. The molecule has 0 aliphatic rings. The molecule has 2 rings (SSSR count). The van der Waals surface area contributed by atoms with Crippen LogP contribution in [-0.4, -0.2) is 13.2 Å². The molecule has 0 saturated carbocycles. The molecule has 0 aliphatic carbocycles. The van der Waals surface area contributed by atoms with Crippen molar-refractivity contribution in [2.24, 2.45) is 0 Å². The number of hydrogen-bond donors (Lipinski definition) is 1. The van der Waals surface area contributed by atoms with Crippen LogP contribution in [0.15, 0.2) is 48.5 Å². The van der Waals surface area contributed by atoms with Crippen molar-refractivity contribution in [3.05, 3.63) is 59.1 Å². The van der Waals surface area contributed by atoms with E-state index >= 15 is 0 Å². The van der Waals surface area contributed by atoms with E-state index in [-0.39, 0.29) is 0 Å². The highest BCUT2D eigenvalue weighted by atomic mass is 35.5. The van der Waals surface area contributed by atoms with Gasteiger partial charge in [0.25, 0.3) is 0 Å². The van der Waals surface area contributed by atoms with Gasteiger partial charge in [0.2, 0.25) is 0 Å². The Bertz CT molecular complexity index is 542. The first-order valence-corrected chi connectivity index (χ1v) is 7.21. The molecule has 0 radical (unpaired) electrons. The average molecular weight is 290 g/mol. The monoisotopic (exact) mass is 289 g/mol. The molecule has 2 nitrogen and oxygen atoms in total. The highest BCUT2D eigenvalue weighted by Crippen LogP contribution is 2.27. The second-order valence-electron chi connectivity index (χ2n) is 4.92. The molecular weight excluding hydrogens is 270 g/mol. The number of halogens is 1. The summed E-state index contributed by atoms with van der Waals surface area (Å²) < 4.78 is 5.15. The quantitative estimate of drug-likeness (QED) is 0.826. The number of hydrogen-bond acceptors (Lipinski definition) is 2. The van der Waals surface area contributed by atoms with E-state index in [1.54, 1.807) is 7.11 Å². The van der Waals surface area contributed by atoms with Crippen LogP contribution in [0.1, 0.15) is 18.9 Å². The van der Waals surface area contributed by atoms with Crippen molar-refractivity contribution in [2.75, 3.05) is 12.4 Å². The summed E-state index contributed by atoms with van der Waals surface area (Å²) >= 11 is 6.12. The van der Waals surface area contributed by atoms with E-state index in [0.717, 1.165) is 18.5 Å². The average Bonchev–Trinajstić information content (AvgIpc) is 2.46. The molecule has 1 N–H and O–H groups in total. The third kappa shape index (κ3) is 4.17. The van der Waals surface area contributed by atoms with Crippen LogP contribution in [0.4, 0.5) is 5.69 Å². The molecule has 0 saturated heterocycles. The van der Waals surface area contributed by atoms with Crippen LogP contribution in [0.25, 0.3) is 0 Å². The minimum Gasteiger partial charge on any atom is -0.495 e. The molecule has 0 bridgehead atoms. The molecule has 0 heterocycles. The van der Waals surface area contributed by atoms with Gasteiger partial charge < -0.3 is 10.1 Å². The highest BCUT2D eigenvalue weighted by Gasteiger charge is 2.05. The Hall–Kier alpha value is -1.67. The van der Waals surface area contributed by atoms with Crippen molar-refractivity contribution in [1.82, 2.24) is 0 Å². The molecule has 0 aromatic heterocycles. The third-order valence-electron chi connectivity index (χ3n) is 3.27. The predicted molar refractivity (Wildman–Crippen MR) is 85.9 cm³/mol. The van der Waals surface area contributed by atoms with E-state index < -0.39 is 0 Å². The maximum atomic E-state index is 6.12. The van der Waals surface area contributed by atoms with Crippen molar-refractivity contribution in [2.45, 2.75) is 25.8 Å². The molecule has 0 spiro atoms. The van der Waals surface area contributed by atoms with Gasteiger partial charge in [0.15, 0.2) is 0 Å². The van der Waals surface area contributed by atoms with Gasteiger partial charge in [-0.2, -0.15) is 0 Å². The van der Waals surface area contributed by atoms with Crippen LogP contribution in [0.3, 0.4) is 0 Å². The topological polar surface area (TPSA) is 21.3 Å². The summed E-state index contributed by atoms with van der Waals surface area (Å²) in [4.78, 5) is 0.